The highest BCUT2D eigenvalue weighted by atomic mass is 79.9. The van der Waals surface area contributed by atoms with E-state index in [4.69, 9.17) is 21.4 Å². The second-order valence-electron chi connectivity index (χ2n) is 4.63. The van der Waals surface area contributed by atoms with E-state index in [0.29, 0.717) is 21.7 Å². The van der Waals surface area contributed by atoms with Crippen LogP contribution in [0, 0.1) is 5.92 Å². The van der Waals surface area contributed by atoms with Crippen LogP contribution in [0.2, 0.25) is 5.02 Å². The Morgan fingerprint density at radius 1 is 1.48 bits per heavy atom. The third-order valence-electron chi connectivity index (χ3n) is 3.05. The van der Waals surface area contributed by atoms with Gasteiger partial charge in [-0.25, -0.2) is 4.79 Å². The molecule has 2 atom stereocenters. The van der Waals surface area contributed by atoms with Crippen molar-refractivity contribution in [2.45, 2.75) is 26.3 Å². The summed E-state index contributed by atoms with van der Waals surface area (Å²) in [5.74, 6) is -1.23. The van der Waals surface area contributed by atoms with Gasteiger partial charge in [0.1, 0.15) is 11.8 Å². The van der Waals surface area contributed by atoms with Crippen LogP contribution in [0.25, 0.3) is 0 Å². The summed E-state index contributed by atoms with van der Waals surface area (Å²) < 4.78 is 5.96. The number of amides is 1. The number of nitrogens with one attached hydrogen (secondary N) is 1. The van der Waals surface area contributed by atoms with Crippen molar-refractivity contribution in [3.63, 3.8) is 0 Å². The van der Waals surface area contributed by atoms with E-state index in [1.54, 1.807) is 25.1 Å². The van der Waals surface area contributed by atoms with Gasteiger partial charge in [0, 0.05) is 5.02 Å². The highest BCUT2D eigenvalue weighted by Crippen LogP contribution is 2.27. The molecule has 2 N–H and O–H groups in total. The molecule has 0 aliphatic carbocycles. The molecule has 0 spiro atoms. The lowest BCUT2D eigenvalue weighted by Crippen LogP contribution is -2.46. The molecule has 0 aromatic heterocycles. The van der Waals surface area contributed by atoms with Gasteiger partial charge >= 0.3 is 5.97 Å². The number of carboxylic acid groups (broad SMARTS) is 1. The van der Waals surface area contributed by atoms with Crippen LogP contribution in [-0.4, -0.2) is 29.6 Å². The Morgan fingerprint density at radius 2 is 2.14 bits per heavy atom. The Morgan fingerprint density at radius 3 is 2.67 bits per heavy atom. The zero-order valence-corrected chi connectivity index (χ0v) is 14.1. The predicted octanol–water partition coefficient (Wildman–Crippen LogP) is 3.10. The summed E-state index contributed by atoms with van der Waals surface area (Å²) in [6.45, 7) is 3.38. The van der Waals surface area contributed by atoms with Crippen molar-refractivity contribution in [1.29, 1.82) is 0 Å². The highest BCUT2D eigenvalue weighted by molar-refractivity contribution is 9.10. The van der Waals surface area contributed by atoms with E-state index in [-0.39, 0.29) is 12.5 Å². The fourth-order valence-electron chi connectivity index (χ4n) is 1.63. The zero-order chi connectivity index (χ0) is 16.0. The maximum absolute atomic E-state index is 11.8. The van der Waals surface area contributed by atoms with E-state index in [1.807, 2.05) is 6.92 Å². The summed E-state index contributed by atoms with van der Waals surface area (Å²) in [6.07, 6.45) is 0.654. The molecule has 1 aromatic carbocycles. The molecule has 7 heteroatoms. The SMILES string of the molecule is CCC(C)C(NC(=O)COc1ccc(Cl)cc1Br)C(=O)O. The molecular formula is C14H17BrClNO4. The van der Waals surface area contributed by atoms with E-state index < -0.39 is 17.9 Å². The summed E-state index contributed by atoms with van der Waals surface area (Å²) in [5.41, 5.74) is 0. The van der Waals surface area contributed by atoms with Crippen LogP contribution in [0.1, 0.15) is 20.3 Å². The number of hydrogen-bond acceptors (Lipinski definition) is 3. The summed E-state index contributed by atoms with van der Waals surface area (Å²) in [6, 6.07) is 4.00. The molecule has 0 fully saturated rings. The van der Waals surface area contributed by atoms with Crippen LogP contribution in [-0.2, 0) is 9.59 Å². The minimum atomic E-state index is -1.05. The van der Waals surface area contributed by atoms with Gasteiger partial charge in [-0.3, -0.25) is 4.79 Å². The molecule has 0 aliphatic heterocycles. The van der Waals surface area contributed by atoms with E-state index in [0.717, 1.165) is 0 Å². The Bertz CT molecular complexity index is 524. The second kappa shape index (κ2) is 8.24. The molecule has 0 aliphatic rings. The quantitative estimate of drug-likeness (QED) is 0.764. The summed E-state index contributed by atoms with van der Waals surface area (Å²) in [4.78, 5) is 22.9. The number of carbonyl (C=O) groups is 2. The largest absolute Gasteiger partial charge is 0.483 e. The van der Waals surface area contributed by atoms with Gasteiger partial charge in [-0.15, -0.1) is 0 Å². The van der Waals surface area contributed by atoms with Crippen molar-refractivity contribution in [2.24, 2.45) is 5.92 Å². The minimum absolute atomic E-state index is 0.159. The molecule has 1 rings (SSSR count). The van der Waals surface area contributed by atoms with Crippen LogP contribution < -0.4 is 10.1 Å². The Hall–Kier alpha value is -1.27. The molecule has 0 bridgehead atoms. The number of benzene rings is 1. The van der Waals surface area contributed by atoms with Crippen molar-refractivity contribution < 1.29 is 19.4 Å². The maximum Gasteiger partial charge on any atom is 0.326 e. The molecule has 5 nitrogen and oxygen atoms in total. The molecule has 116 valence electrons. The fourth-order valence-corrected chi connectivity index (χ4v) is 2.43. The van der Waals surface area contributed by atoms with Gasteiger partial charge < -0.3 is 15.2 Å². The average Bonchev–Trinajstić information content (AvgIpc) is 2.42. The molecule has 0 saturated carbocycles. The number of hydrogen-bond donors (Lipinski definition) is 2. The van der Waals surface area contributed by atoms with E-state index in [9.17, 15) is 9.59 Å². The van der Waals surface area contributed by atoms with E-state index in [1.165, 1.54) is 0 Å². The Labute approximate surface area is 136 Å². The third-order valence-corrected chi connectivity index (χ3v) is 3.90. The molecule has 0 heterocycles. The first-order valence-electron chi connectivity index (χ1n) is 6.45. The van der Waals surface area contributed by atoms with Crippen LogP contribution >= 0.6 is 27.5 Å². The summed E-state index contributed by atoms with van der Waals surface area (Å²) >= 11 is 9.07. The topological polar surface area (TPSA) is 75.6 Å². The van der Waals surface area contributed by atoms with E-state index >= 15 is 0 Å². The lowest BCUT2D eigenvalue weighted by atomic mass is 9.99. The number of rotatable bonds is 7. The number of halogens is 2. The standard InChI is InChI=1S/C14H17BrClNO4/c1-3-8(2)13(14(19)20)17-12(18)7-21-11-5-4-9(16)6-10(11)15/h4-6,8,13H,3,7H2,1-2H3,(H,17,18)(H,19,20). The van der Waals surface area contributed by atoms with Crippen LogP contribution in [0.3, 0.4) is 0 Å². The van der Waals surface area contributed by atoms with Crippen molar-refractivity contribution in [3.8, 4) is 5.75 Å². The number of ether oxygens (including phenoxy) is 1. The minimum Gasteiger partial charge on any atom is -0.483 e. The zero-order valence-electron chi connectivity index (χ0n) is 11.7. The van der Waals surface area contributed by atoms with Crippen LogP contribution in [0.4, 0.5) is 0 Å². The van der Waals surface area contributed by atoms with Gasteiger partial charge in [-0.05, 0) is 40.0 Å². The van der Waals surface area contributed by atoms with Gasteiger partial charge in [-0.2, -0.15) is 0 Å². The molecule has 0 radical (unpaired) electrons. The fraction of sp³-hybridized carbons (Fsp3) is 0.429. The number of aliphatic carboxylic acids is 1. The smallest absolute Gasteiger partial charge is 0.326 e. The molecular weight excluding hydrogens is 362 g/mol. The van der Waals surface area contributed by atoms with Gasteiger partial charge in [-0.1, -0.05) is 31.9 Å². The lowest BCUT2D eigenvalue weighted by Gasteiger charge is -2.20. The van der Waals surface area contributed by atoms with Crippen molar-refractivity contribution in [2.75, 3.05) is 6.61 Å². The average molecular weight is 379 g/mol. The van der Waals surface area contributed by atoms with Crippen LogP contribution in [0.5, 0.6) is 5.75 Å². The Balaban J connectivity index is 2.58. The van der Waals surface area contributed by atoms with Crippen molar-refractivity contribution in [1.82, 2.24) is 5.32 Å². The van der Waals surface area contributed by atoms with Crippen molar-refractivity contribution >= 4 is 39.4 Å². The summed E-state index contributed by atoms with van der Waals surface area (Å²) in [7, 11) is 0. The highest BCUT2D eigenvalue weighted by Gasteiger charge is 2.25. The van der Waals surface area contributed by atoms with Crippen LogP contribution in [0.15, 0.2) is 22.7 Å². The molecule has 1 aromatic rings. The van der Waals surface area contributed by atoms with Gasteiger partial charge in [0.2, 0.25) is 0 Å². The number of carboxylic acids is 1. The maximum atomic E-state index is 11.8. The first-order valence-corrected chi connectivity index (χ1v) is 7.62. The number of carbonyl (C=O) groups excluding carboxylic acids is 1. The molecule has 0 saturated heterocycles. The first kappa shape index (κ1) is 17.8. The molecule has 1 amide bonds. The molecule has 2 unspecified atom stereocenters. The summed E-state index contributed by atoms with van der Waals surface area (Å²) in [5, 5.41) is 12.1. The monoisotopic (exact) mass is 377 g/mol. The normalized spacial score (nSPS) is 13.3. The second-order valence-corrected chi connectivity index (χ2v) is 5.92. The molecule has 21 heavy (non-hydrogen) atoms. The van der Waals surface area contributed by atoms with E-state index in [2.05, 4.69) is 21.2 Å². The van der Waals surface area contributed by atoms with Gasteiger partial charge in [0.25, 0.3) is 5.91 Å². The Kier molecular flexibility index (Phi) is 6.98. The first-order chi connectivity index (χ1) is 9.85. The lowest BCUT2D eigenvalue weighted by molar-refractivity contribution is -0.143. The third kappa shape index (κ3) is 5.55. The van der Waals surface area contributed by atoms with Crippen molar-refractivity contribution in [3.05, 3.63) is 27.7 Å². The van der Waals surface area contributed by atoms with Gasteiger partial charge in [0.05, 0.1) is 4.47 Å². The van der Waals surface area contributed by atoms with Gasteiger partial charge in [0.15, 0.2) is 6.61 Å². The predicted molar refractivity (Wildman–Crippen MR) is 83.7 cm³/mol.